The van der Waals surface area contributed by atoms with Gasteiger partial charge >= 0.3 is 0 Å². The van der Waals surface area contributed by atoms with Crippen LogP contribution in [0.4, 0.5) is 5.69 Å². The summed E-state index contributed by atoms with van der Waals surface area (Å²) in [6, 6.07) is 11.0. The summed E-state index contributed by atoms with van der Waals surface area (Å²) >= 11 is 0. The summed E-state index contributed by atoms with van der Waals surface area (Å²) in [5.41, 5.74) is 3.44. The van der Waals surface area contributed by atoms with E-state index in [0.717, 1.165) is 55.4 Å². The molecule has 1 atom stereocenters. The van der Waals surface area contributed by atoms with Crippen molar-refractivity contribution in [3.05, 3.63) is 76.9 Å². The summed E-state index contributed by atoms with van der Waals surface area (Å²) in [6.45, 7) is 1.93. The molecule has 2 N–H and O–H groups in total. The lowest BCUT2D eigenvalue weighted by Gasteiger charge is -2.31. The molecule has 1 unspecified atom stereocenters. The van der Waals surface area contributed by atoms with E-state index in [1.54, 1.807) is 24.5 Å². The van der Waals surface area contributed by atoms with Gasteiger partial charge in [0.05, 0.1) is 17.9 Å². The summed E-state index contributed by atoms with van der Waals surface area (Å²) in [4.78, 5) is 30.2. The number of anilines is 1. The van der Waals surface area contributed by atoms with E-state index in [1.807, 2.05) is 31.2 Å². The molecule has 7 nitrogen and oxygen atoms in total. The molecular formula is C27H30N4O3. The van der Waals surface area contributed by atoms with Crippen molar-refractivity contribution in [2.45, 2.75) is 63.8 Å². The minimum atomic E-state index is -0.230. The molecule has 0 radical (unpaired) electrons. The number of benzene rings is 1. The number of carbonyl (C=O) groups excluding carboxylic acids is 2. The Morgan fingerprint density at radius 3 is 2.59 bits per heavy atom. The Labute approximate surface area is 199 Å². The lowest BCUT2D eigenvalue weighted by molar-refractivity contribution is 0.0903. The van der Waals surface area contributed by atoms with Crippen molar-refractivity contribution in [1.29, 1.82) is 0 Å². The lowest BCUT2D eigenvalue weighted by atomic mass is 9.80. The van der Waals surface area contributed by atoms with Gasteiger partial charge in [0, 0.05) is 23.7 Å². The van der Waals surface area contributed by atoms with Crippen LogP contribution in [0.3, 0.4) is 0 Å². The smallest absolute Gasteiger partial charge is 0.273 e. The van der Waals surface area contributed by atoms with Crippen molar-refractivity contribution in [2.24, 2.45) is 5.92 Å². The van der Waals surface area contributed by atoms with E-state index < -0.39 is 0 Å². The van der Waals surface area contributed by atoms with Crippen LogP contribution in [0.2, 0.25) is 0 Å². The summed E-state index contributed by atoms with van der Waals surface area (Å²) < 4.78 is 5.39. The third-order valence-electron chi connectivity index (χ3n) is 6.79. The normalized spacial score (nSPS) is 17.2. The molecule has 1 aromatic carbocycles. The number of carbonyl (C=O) groups is 2. The van der Waals surface area contributed by atoms with Gasteiger partial charge in [-0.15, -0.1) is 0 Å². The first-order chi connectivity index (χ1) is 16.6. The molecule has 0 aliphatic heterocycles. The maximum atomic E-state index is 13.1. The minimum Gasteiger partial charge on any atom is -0.360 e. The van der Waals surface area contributed by atoms with Gasteiger partial charge < -0.3 is 15.2 Å². The molecule has 2 aliphatic carbocycles. The van der Waals surface area contributed by atoms with Gasteiger partial charge in [-0.05, 0) is 67.9 Å². The minimum absolute atomic E-state index is 0.192. The highest BCUT2D eigenvalue weighted by molar-refractivity contribution is 6.04. The predicted octanol–water partition coefficient (Wildman–Crippen LogP) is 5.56. The average molecular weight is 459 g/mol. The maximum absolute atomic E-state index is 13.1. The van der Waals surface area contributed by atoms with E-state index in [1.165, 1.54) is 6.42 Å². The number of nitrogens with one attached hydrogen (secondary N) is 2. The van der Waals surface area contributed by atoms with Gasteiger partial charge in [-0.3, -0.25) is 14.6 Å². The third kappa shape index (κ3) is 5.19. The molecule has 176 valence electrons. The monoisotopic (exact) mass is 458 g/mol. The van der Waals surface area contributed by atoms with Crippen molar-refractivity contribution < 1.29 is 14.1 Å². The van der Waals surface area contributed by atoms with Crippen LogP contribution >= 0.6 is 0 Å². The zero-order chi connectivity index (χ0) is 23.5. The molecule has 2 aromatic heterocycles. The zero-order valence-electron chi connectivity index (χ0n) is 19.4. The second kappa shape index (κ2) is 9.79. The van der Waals surface area contributed by atoms with Crippen LogP contribution < -0.4 is 10.6 Å². The molecule has 0 bridgehead atoms. The van der Waals surface area contributed by atoms with E-state index in [0.29, 0.717) is 28.8 Å². The van der Waals surface area contributed by atoms with Crippen LogP contribution in [0.1, 0.15) is 94.6 Å². The summed E-state index contributed by atoms with van der Waals surface area (Å²) in [5.74, 6) is 1.08. The average Bonchev–Trinajstić information content (AvgIpc) is 3.59. The summed E-state index contributed by atoms with van der Waals surface area (Å²) in [5, 5.41) is 10.1. The van der Waals surface area contributed by atoms with E-state index in [2.05, 4.69) is 20.8 Å². The van der Waals surface area contributed by atoms with Crippen molar-refractivity contribution >= 4 is 17.5 Å². The van der Waals surface area contributed by atoms with Gasteiger partial charge in [0.2, 0.25) is 0 Å². The highest BCUT2D eigenvalue weighted by atomic mass is 16.5. The predicted molar refractivity (Wildman–Crippen MR) is 129 cm³/mol. The molecule has 0 saturated heterocycles. The summed E-state index contributed by atoms with van der Waals surface area (Å²) in [6.07, 6.45) is 11.2. The van der Waals surface area contributed by atoms with E-state index in [-0.39, 0.29) is 17.9 Å². The molecule has 0 spiro atoms. The number of nitrogens with zero attached hydrogens (tertiary/aromatic N) is 2. The first-order valence-corrected chi connectivity index (χ1v) is 12.2. The number of hydrogen-bond acceptors (Lipinski definition) is 5. The quantitative estimate of drug-likeness (QED) is 0.483. The van der Waals surface area contributed by atoms with Crippen molar-refractivity contribution in [3.63, 3.8) is 0 Å². The molecule has 5 rings (SSSR count). The molecular weight excluding hydrogens is 428 g/mol. The van der Waals surface area contributed by atoms with Crippen LogP contribution in [0.5, 0.6) is 0 Å². The molecule has 2 aliphatic rings. The van der Waals surface area contributed by atoms with Gasteiger partial charge in [0.15, 0.2) is 5.69 Å². The lowest BCUT2D eigenvalue weighted by Crippen LogP contribution is -2.34. The van der Waals surface area contributed by atoms with Gasteiger partial charge in [-0.2, -0.15) is 0 Å². The SMILES string of the molecule is Cc1cncc(NC(=O)c2cccc(C(NC(=O)c3cc(C4CC4)on3)C3CCCCC3)c2)c1. The zero-order valence-corrected chi connectivity index (χ0v) is 19.4. The van der Waals surface area contributed by atoms with Crippen LogP contribution in [0.15, 0.2) is 53.3 Å². The van der Waals surface area contributed by atoms with Gasteiger partial charge in [-0.25, -0.2) is 0 Å². The Hall–Kier alpha value is -3.48. The Kier molecular flexibility index (Phi) is 6.43. The number of rotatable bonds is 7. The Bertz CT molecular complexity index is 1180. The molecule has 7 heteroatoms. The number of hydrogen-bond donors (Lipinski definition) is 2. The molecule has 3 aromatic rings. The van der Waals surface area contributed by atoms with E-state index in [4.69, 9.17) is 4.52 Å². The number of pyridine rings is 1. The standard InChI is InChI=1S/C27H30N4O3/c1-17-12-22(16-28-15-17)29-26(32)21-9-5-8-20(13-21)25(19-6-3-2-4-7-19)30-27(33)23-14-24(34-31-23)18-10-11-18/h5,8-9,12-16,18-19,25H,2-4,6-7,10-11H2,1H3,(H,29,32)(H,30,33). The van der Waals surface area contributed by atoms with E-state index in [9.17, 15) is 9.59 Å². The van der Waals surface area contributed by atoms with Gasteiger partial charge in [-0.1, -0.05) is 36.6 Å². The molecule has 2 fully saturated rings. The fourth-order valence-electron chi connectivity index (χ4n) is 4.81. The third-order valence-corrected chi connectivity index (χ3v) is 6.79. The fourth-order valence-corrected chi connectivity index (χ4v) is 4.81. The Morgan fingerprint density at radius 1 is 1.00 bits per heavy atom. The van der Waals surface area contributed by atoms with Gasteiger partial charge in [0.25, 0.3) is 11.8 Å². The first kappa shape index (κ1) is 22.3. The molecule has 34 heavy (non-hydrogen) atoms. The molecule has 2 saturated carbocycles. The maximum Gasteiger partial charge on any atom is 0.273 e. The fraction of sp³-hybridized carbons (Fsp3) is 0.407. The van der Waals surface area contributed by atoms with Gasteiger partial charge in [0.1, 0.15) is 5.76 Å². The van der Waals surface area contributed by atoms with Crippen LogP contribution in [-0.2, 0) is 0 Å². The van der Waals surface area contributed by atoms with Crippen molar-refractivity contribution in [1.82, 2.24) is 15.5 Å². The van der Waals surface area contributed by atoms with Crippen molar-refractivity contribution in [2.75, 3.05) is 5.32 Å². The highest BCUT2D eigenvalue weighted by Crippen LogP contribution is 2.40. The van der Waals surface area contributed by atoms with Crippen LogP contribution in [-0.4, -0.2) is 22.0 Å². The molecule has 2 heterocycles. The van der Waals surface area contributed by atoms with Crippen LogP contribution in [0, 0.1) is 12.8 Å². The van der Waals surface area contributed by atoms with E-state index >= 15 is 0 Å². The van der Waals surface area contributed by atoms with Crippen molar-refractivity contribution in [3.8, 4) is 0 Å². The largest absolute Gasteiger partial charge is 0.360 e. The topological polar surface area (TPSA) is 97.1 Å². The molecule has 2 amide bonds. The first-order valence-electron chi connectivity index (χ1n) is 12.2. The number of aromatic nitrogens is 2. The second-order valence-corrected chi connectivity index (χ2v) is 9.57. The highest BCUT2D eigenvalue weighted by Gasteiger charge is 2.31. The Morgan fingerprint density at radius 2 is 1.82 bits per heavy atom. The number of aryl methyl sites for hydroxylation is 1. The second-order valence-electron chi connectivity index (χ2n) is 9.57. The van der Waals surface area contributed by atoms with Crippen LogP contribution in [0.25, 0.3) is 0 Å². The summed E-state index contributed by atoms with van der Waals surface area (Å²) in [7, 11) is 0. The Balaban J connectivity index is 1.37. The number of amides is 2.